The SMILES string of the molecule is CC(C)c1nccc(CN2CCC(O)(CN3CCCCC3)C2)n1. The predicted molar refractivity (Wildman–Crippen MR) is 91.3 cm³/mol. The van der Waals surface area contributed by atoms with Gasteiger partial charge in [0.1, 0.15) is 5.82 Å². The molecule has 1 unspecified atom stereocenters. The average molecular weight is 318 g/mol. The van der Waals surface area contributed by atoms with Gasteiger partial charge in [0.25, 0.3) is 0 Å². The van der Waals surface area contributed by atoms with E-state index in [1.165, 1.54) is 19.3 Å². The maximum Gasteiger partial charge on any atom is 0.131 e. The Labute approximate surface area is 139 Å². The van der Waals surface area contributed by atoms with Crippen molar-refractivity contribution in [1.29, 1.82) is 0 Å². The molecule has 128 valence electrons. The summed E-state index contributed by atoms with van der Waals surface area (Å²) in [6.07, 6.45) is 6.61. The lowest BCUT2D eigenvalue weighted by molar-refractivity contribution is 0.00627. The molecule has 0 aromatic carbocycles. The van der Waals surface area contributed by atoms with Gasteiger partial charge in [-0.05, 0) is 38.4 Å². The third kappa shape index (κ3) is 4.49. The van der Waals surface area contributed by atoms with E-state index in [1.54, 1.807) is 0 Å². The van der Waals surface area contributed by atoms with E-state index in [0.717, 1.165) is 57.2 Å². The molecule has 0 bridgehead atoms. The minimum absolute atomic E-state index is 0.351. The first-order valence-corrected chi connectivity index (χ1v) is 9.03. The predicted octanol–water partition coefficient (Wildman–Crippen LogP) is 2.02. The molecule has 23 heavy (non-hydrogen) atoms. The second-order valence-corrected chi connectivity index (χ2v) is 7.58. The average Bonchev–Trinajstić information content (AvgIpc) is 2.89. The number of likely N-dealkylation sites (tertiary alicyclic amines) is 2. The van der Waals surface area contributed by atoms with Crippen molar-refractivity contribution in [1.82, 2.24) is 19.8 Å². The molecular weight excluding hydrogens is 288 g/mol. The Hall–Kier alpha value is -1.04. The van der Waals surface area contributed by atoms with Gasteiger partial charge in [0.15, 0.2) is 0 Å². The Morgan fingerprint density at radius 3 is 2.70 bits per heavy atom. The van der Waals surface area contributed by atoms with Crippen molar-refractivity contribution in [2.24, 2.45) is 0 Å². The number of aromatic nitrogens is 2. The third-order valence-corrected chi connectivity index (χ3v) is 5.01. The largest absolute Gasteiger partial charge is 0.387 e. The van der Waals surface area contributed by atoms with Gasteiger partial charge >= 0.3 is 0 Å². The third-order valence-electron chi connectivity index (χ3n) is 5.01. The molecule has 2 fully saturated rings. The van der Waals surface area contributed by atoms with E-state index >= 15 is 0 Å². The van der Waals surface area contributed by atoms with E-state index in [9.17, 15) is 5.11 Å². The first-order chi connectivity index (χ1) is 11.0. The molecule has 0 spiro atoms. The first-order valence-electron chi connectivity index (χ1n) is 9.03. The van der Waals surface area contributed by atoms with Crippen molar-refractivity contribution < 1.29 is 5.11 Å². The van der Waals surface area contributed by atoms with Crippen LogP contribution in [0.2, 0.25) is 0 Å². The zero-order valence-electron chi connectivity index (χ0n) is 14.5. The number of hydrogen-bond acceptors (Lipinski definition) is 5. The van der Waals surface area contributed by atoms with Crippen molar-refractivity contribution in [3.63, 3.8) is 0 Å². The van der Waals surface area contributed by atoms with Crippen LogP contribution in [-0.4, -0.2) is 63.2 Å². The summed E-state index contributed by atoms with van der Waals surface area (Å²) in [6, 6.07) is 1.99. The Balaban J connectivity index is 1.55. The van der Waals surface area contributed by atoms with Gasteiger partial charge in [-0.1, -0.05) is 20.3 Å². The van der Waals surface area contributed by atoms with Crippen LogP contribution in [0.5, 0.6) is 0 Å². The Kier molecular flexibility index (Phi) is 5.29. The number of nitrogens with zero attached hydrogens (tertiary/aromatic N) is 4. The summed E-state index contributed by atoms with van der Waals surface area (Å²) in [6.45, 7) is 9.86. The lowest BCUT2D eigenvalue weighted by Gasteiger charge is -2.33. The molecule has 1 N–H and O–H groups in total. The van der Waals surface area contributed by atoms with Crippen LogP contribution in [0, 0.1) is 0 Å². The van der Waals surface area contributed by atoms with Crippen molar-refractivity contribution in [3.05, 3.63) is 23.8 Å². The molecule has 5 nitrogen and oxygen atoms in total. The summed E-state index contributed by atoms with van der Waals surface area (Å²) in [5.41, 5.74) is 0.511. The fourth-order valence-electron chi connectivity index (χ4n) is 3.75. The van der Waals surface area contributed by atoms with E-state index in [4.69, 9.17) is 0 Å². The second-order valence-electron chi connectivity index (χ2n) is 7.58. The maximum atomic E-state index is 10.9. The van der Waals surface area contributed by atoms with Crippen LogP contribution < -0.4 is 0 Å². The quantitative estimate of drug-likeness (QED) is 0.900. The summed E-state index contributed by atoms with van der Waals surface area (Å²) in [7, 11) is 0. The van der Waals surface area contributed by atoms with Crippen molar-refractivity contribution in [3.8, 4) is 0 Å². The zero-order chi connectivity index (χ0) is 16.3. The standard InChI is InChI=1S/C18H30N4O/c1-15(2)17-19-8-6-16(20-17)12-22-11-7-18(23,14-22)13-21-9-4-3-5-10-21/h6,8,15,23H,3-5,7,9-14H2,1-2H3. The molecule has 0 aliphatic carbocycles. The highest BCUT2D eigenvalue weighted by molar-refractivity contribution is 5.06. The van der Waals surface area contributed by atoms with Gasteiger partial charge in [-0.25, -0.2) is 9.97 Å². The monoisotopic (exact) mass is 318 g/mol. The Morgan fingerprint density at radius 1 is 1.17 bits per heavy atom. The molecule has 0 saturated carbocycles. The minimum Gasteiger partial charge on any atom is -0.387 e. The minimum atomic E-state index is -0.550. The highest BCUT2D eigenvalue weighted by Gasteiger charge is 2.37. The second kappa shape index (κ2) is 7.24. The number of hydrogen-bond donors (Lipinski definition) is 1. The van der Waals surface area contributed by atoms with Gasteiger partial charge in [-0.15, -0.1) is 0 Å². The van der Waals surface area contributed by atoms with Gasteiger partial charge in [0.05, 0.1) is 11.3 Å². The van der Waals surface area contributed by atoms with Crippen molar-refractivity contribution in [2.75, 3.05) is 32.7 Å². The molecule has 3 rings (SSSR count). The van der Waals surface area contributed by atoms with Gasteiger partial charge in [0, 0.05) is 38.3 Å². The molecule has 5 heteroatoms. The fourth-order valence-corrected chi connectivity index (χ4v) is 3.75. The van der Waals surface area contributed by atoms with Crippen LogP contribution >= 0.6 is 0 Å². The molecule has 3 heterocycles. The normalized spacial score (nSPS) is 27.0. The molecule has 1 aromatic rings. The zero-order valence-corrected chi connectivity index (χ0v) is 14.5. The molecule has 2 aliphatic rings. The van der Waals surface area contributed by atoms with Crippen molar-refractivity contribution in [2.45, 2.75) is 57.6 Å². The summed E-state index contributed by atoms with van der Waals surface area (Å²) >= 11 is 0. The topological polar surface area (TPSA) is 52.5 Å². The first kappa shape index (κ1) is 16.8. The number of aliphatic hydroxyl groups is 1. The Bertz CT molecular complexity index is 515. The lowest BCUT2D eigenvalue weighted by atomic mass is 10.0. The molecule has 0 amide bonds. The fraction of sp³-hybridized carbons (Fsp3) is 0.778. The number of β-amino-alcohol motifs (C(OH)–C–C–N with tert-alkyl or cyclic N) is 1. The summed E-state index contributed by atoms with van der Waals surface area (Å²) in [4.78, 5) is 13.8. The van der Waals surface area contributed by atoms with E-state index in [-0.39, 0.29) is 0 Å². The number of piperidine rings is 1. The highest BCUT2D eigenvalue weighted by atomic mass is 16.3. The van der Waals surface area contributed by atoms with Gasteiger partial charge < -0.3 is 10.0 Å². The van der Waals surface area contributed by atoms with E-state index in [2.05, 4.69) is 33.6 Å². The van der Waals surface area contributed by atoms with Gasteiger partial charge in [-0.3, -0.25) is 4.90 Å². The van der Waals surface area contributed by atoms with Gasteiger partial charge in [-0.2, -0.15) is 0 Å². The maximum absolute atomic E-state index is 10.9. The highest BCUT2D eigenvalue weighted by Crippen LogP contribution is 2.25. The van der Waals surface area contributed by atoms with Crippen molar-refractivity contribution >= 4 is 0 Å². The molecular formula is C18H30N4O. The number of rotatable bonds is 5. The molecule has 1 aromatic heterocycles. The van der Waals surface area contributed by atoms with Gasteiger partial charge in [0.2, 0.25) is 0 Å². The van der Waals surface area contributed by atoms with E-state index in [1.807, 2.05) is 12.3 Å². The van der Waals surface area contributed by atoms with Crippen LogP contribution in [-0.2, 0) is 6.54 Å². The molecule has 2 saturated heterocycles. The summed E-state index contributed by atoms with van der Waals surface area (Å²) < 4.78 is 0. The molecule has 1 atom stereocenters. The van der Waals surface area contributed by atoms with Crippen LogP contribution in [0.15, 0.2) is 12.3 Å². The van der Waals surface area contributed by atoms with Crippen LogP contribution in [0.1, 0.15) is 57.0 Å². The van der Waals surface area contributed by atoms with E-state index in [0.29, 0.717) is 5.92 Å². The molecule has 0 radical (unpaired) electrons. The lowest BCUT2D eigenvalue weighted by Crippen LogP contribution is -2.46. The smallest absolute Gasteiger partial charge is 0.131 e. The van der Waals surface area contributed by atoms with Crippen LogP contribution in [0.4, 0.5) is 0 Å². The summed E-state index contributed by atoms with van der Waals surface area (Å²) in [5, 5.41) is 10.9. The molecule has 2 aliphatic heterocycles. The Morgan fingerprint density at radius 2 is 1.96 bits per heavy atom. The van der Waals surface area contributed by atoms with E-state index < -0.39 is 5.60 Å². The summed E-state index contributed by atoms with van der Waals surface area (Å²) in [5.74, 6) is 1.26. The van der Waals surface area contributed by atoms with Crippen LogP contribution in [0.25, 0.3) is 0 Å². The van der Waals surface area contributed by atoms with Crippen LogP contribution in [0.3, 0.4) is 0 Å².